The number of hydrogen-bond acceptors (Lipinski definition) is 5. The molecule has 0 fully saturated rings. The quantitative estimate of drug-likeness (QED) is 0.359. The highest BCUT2D eigenvalue weighted by Gasteiger charge is 2.35. The van der Waals surface area contributed by atoms with Gasteiger partial charge in [-0.15, -0.1) is 11.3 Å². The minimum absolute atomic E-state index is 0.0457. The molecule has 0 aromatic carbocycles. The van der Waals surface area contributed by atoms with Crippen molar-refractivity contribution in [1.29, 1.82) is 0 Å². The average molecular weight is 527 g/mol. The van der Waals surface area contributed by atoms with Crippen molar-refractivity contribution >= 4 is 37.6 Å². The van der Waals surface area contributed by atoms with E-state index < -0.39 is 23.3 Å². The second-order valence-corrected chi connectivity index (χ2v) is 11.9. The lowest BCUT2D eigenvalue weighted by Crippen LogP contribution is -2.32. The Kier molecular flexibility index (Phi) is 7.28. The van der Waals surface area contributed by atoms with Gasteiger partial charge in [-0.2, -0.15) is 8.78 Å². The van der Waals surface area contributed by atoms with Gasteiger partial charge in [0.25, 0.3) is 5.66 Å². The van der Waals surface area contributed by atoms with Crippen LogP contribution in [-0.4, -0.2) is 40.6 Å². The van der Waals surface area contributed by atoms with Crippen LogP contribution in [0.2, 0.25) is 0 Å². The highest BCUT2D eigenvalue weighted by Crippen LogP contribution is 2.41. The summed E-state index contributed by atoms with van der Waals surface area (Å²) in [5, 5.41) is 5.95. The second-order valence-electron chi connectivity index (χ2n) is 10.0. The maximum atomic E-state index is 14.4. The summed E-state index contributed by atoms with van der Waals surface area (Å²) < 4.78 is 34.3. The second kappa shape index (κ2) is 9.79. The van der Waals surface area contributed by atoms with Gasteiger partial charge >= 0.3 is 12.0 Å². The third kappa shape index (κ3) is 5.70. The van der Waals surface area contributed by atoms with Gasteiger partial charge in [0.2, 0.25) is 0 Å². The number of H-pyrrole nitrogens is 1. The molecule has 2 amide bonds. The number of nitrogens with one attached hydrogen (secondary N) is 3. The Labute approximate surface area is 210 Å². The molecule has 3 heterocycles. The van der Waals surface area contributed by atoms with Crippen molar-refractivity contribution in [3.05, 3.63) is 38.5 Å². The number of likely N-dealkylation sites (N-methyl/N-ethyl adjacent to an activating group) is 1. The van der Waals surface area contributed by atoms with Gasteiger partial charge in [-0.05, 0) is 64.1 Å². The Balaban J connectivity index is 1.52. The average Bonchev–Trinajstić information content (AvgIpc) is 3.42. The summed E-state index contributed by atoms with van der Waals surface area (Å²) in [5.41, 5.74) is -0.605. The van der Waals surface area contributed by atoms with E-state index in [0.717, 1.165) is 54.0 Å². The van der Waals surface area contributed by atoms with Crippen LogP contribution in [0, 0.1) is 0 Å². The number of amides is 2. The van der Waals surface area contributed by atoms with Crippen LogP contribution in [0.1, 0.15) is 77.4 Å². The van der Waals surface area contributed by atoms with Gasteiger partial charge in [0.15, 0.2) is 0 Å². The van der Waals surface area contributed by atoms with Crippen LogP contribution < -0.4 is 10.6 Å². The molecule has 0 radical (unpaired) electrons. The maximum absolute atomic E-state index is 14.4. The molecular formula is C24H33F2N4O3PS. The van der Waals surface area contributed by atoms with Crippen molar-refractivity contribution in [2.45, 2.75) is 77.7 Å². The van der Waals surface area contributed by atoms with Gasteiger partial charge in [-0.3, -0.25) is 10.2 Å². The molecule has 192 valence electrons. The molecule has 1 atom stereocenters. The number of aromatic nitrogens is 1. The monoisotopic (exact) mass is 526 g/mol. The van der Waals surface area contributed by atoms with Crippen LogP contribution in [0.4, 0.5) is 18.6 Å². The Bertz CT molecular complexity index is 1130. The fourth-order valence-electron chi connectivity index (χ4n) is 4.75. The lowest BCUT2D eigenvalue weighted by molar-refractivity contribution is 0.00701. The third-order valence-corrected chi connectivity index (χ3v) is 7.82. The Morgan fingerprint density at radius 3 is 2.60 bits per heavy atom. The minimum atomic E-state index is -3.14. The lowest BCUT2D eigenvalue weighted by atomic mass is 10.0. The number of urea groups is 1. The fraction of sp³-hybridized carbons (Fsp3) is 0.583. The SMILES string of the molecule is CCN1CCc2c([nH]c(C(F)(F)P)c2CNC(=O)Nc2sc3c(c2C(=O)OC(C)(C)C)CCC3)C1. The summed E-state index contributed by atoms with van der Waals surface area (Å²) in [6, 6.07) is -0.548. The van der Waals surface area contributed by atoms with Crippen LogP contribution in [-0.2, 0) is 42.8 Å². The van der Waals surface area contributed by atoms with E-state index in [9.17, 15) is 18.4 Å². The fourth-order valence-corrected chi connectivity index (χ4v) is 6.27. The van der Waals surface area contributed by atoms with E-state index >= 15 is 0 Å². The number of carbonyl (C=O) groups excluding carboxylic acids is 2. The van der Waals surface area contributed by atoms with Gasteiger partial charge in [0, 0.05) is 35.8 Å². The summed E-state index contributed by atoms with van der Waals surface area (Å²) >= 11 is 1.38. The van der Waals surface area contributed by atoms with Crippen molar-refractivity contribution in [2.75, 3.05) is 18.4 Å². The molecule has 11 heteroatoms. The molecular weight excluding hydrogens is 493 g/mol. The Hall–Kier alpha value is -2.03. The van der Waals surface area contributed by atoms with E-state index in [1.54, 1.807) is 30.0 Å². The molecule has 1 unspecified atom stereocenters. The van der Waals surface area contributed by atoms with E-state index in [1.807, 2.05) is 6.92 Å². The predicted molar refractivity (Wildman–Crippen MR) is 136 cm³/mol. The highest BCUT2D eigenvalue weighted by atomic mass is 32.1. The van der Waals surface area contributed by atoms with Crippen molar-refractivity contribution in [3.63, 3.8) is 0 Å². The van der Waals surface area contributed by atoms with E-state index in [1.165, 1.54) is 11.3 Å². The molecule has 7 nitrogen and oxygen atoms in total. The number of halogens is 2. The normalized spacial score (nSPS) is 16.1. The van der Waals surface area contributed by atoms with E-state index in [2.05, 4.69) is 20.5 Å². The minimum Gasteiger partial charge on any atom is -0.456 e. The smallest absolute Gasteiger partial charge is 0.341 e. The van der Waals surface area contributed by atoms with Crippen molar-refractivity contribution in [3.8, 4) is 0 Å². The summed E-state index contributed by atoms with van der Waals surface area (Å²) in [6.45, 7) is 9.59. The summed E-state index contributed by atoms with van der Waals surface area (Å²) in [4.78, 5) is 31.9. The van der Waals surface area contributed by atoms with Crippen LogP contribution in [0.5, 0.6) is 0 Å². The van der Waals surface area contributed by atoms with Gasteiger partial charge in [-0.1, -0.05) is 16.2 Å². The zero-order valence-electron chi connectivity index (χ0n) is 20.6. The molecule has 3 N–H and O–H groups in total. The number of fused-ring (bicyclic) bond motifs is 2. The number of nitrogens with zero attached hydrogens (tertiary/aromatic N) is 1. The Morgan fingerprint density at radius 1 is 1.20 bits per heavy atom. The van der Waals surface area contributed by atoms with Gasteiger partial charge < -0.3 is 15.0 Å². The van der Waals surface area contributed by atoms with Gasteiger partial charge in [0.05, 0.1) is 11.3 Å². The molecule has 2 aliphatic rings. The zero-order chi connectivity index (χ0) is 25.5. The molecule has 0 spiro atoms. The predicted octanol–water partition coefficient (Wildman–Crippen LogP) is 5.14. The number of alkyl halides is 2. The first-order valence-corrected chi connectivity index (χ1v) is 13.3. The van der Waals surface area contributed by atoms with Crippen molar-refractivity contribution in [2.24, 2.45) is 0 Å². The van der Waals surface area contributed by atoms with E-state index in [0.29, 0.717) is 29.1 Å². The van der Waals surface area contributed by atoms with Crippen LogP contribution in [0.3, 0.4) is 0 Å². The van der Waals surface area contributed by atoms with Gasteiger partial charge in [0.1, 0.15) is 10.6 Å². The molecule has 0 saturated carbocycles. The molecule has 0 bridgehead atoms. The topological polar surface area (TPSA) is 86.5 Å². The summed E-state index contributed by atoms with van der Waals surface area (Å²) in [7, 11) is 1.58. The number of ether oxygens (including phenoxy) is 1. The molecule has 2 aromatic rings. The number of rotatable bonds is 6. The lowest BCUT2D eigenvalue weighted by Gasteiger charge is -2.25. The number of esters is 1. The number of thiophene rings is 1. The first-order valence-electron chi connectivity index (χ1n) is 11.9. The number of aromatic amines is 1. The number of carbonyl (C=O) groups is 2. The molecule has 2 aromatic heterocycles. The van der Waals surface area contributed by atoms with E-state index in [-0.39, 0.29) is 12.2 Å². The summed E-state index contributed by atoms with van der Waals surface area (Å²) in [5.74, 6) is -0.461. The third-order valence-electron chi connectivity index (χ3n) is 6.32. The standard InChI is InChI=1S/C24H33F2N4O3PS/c1-5-30-10-9-13-15(19(24(25,26)34)28-16(13)12-30)11-27-22(32)29-20-18(21(31)33-23(2,3)4)14-7-6-8-17(14)35-20/h28H,5-12,34H2,1-4H3,(H2,27,29,32). The Morgan fingerprint density at radius 2 is 1.94 bits per heavy atom. The molecule has 35 heavy (non-hydrogen) atoms. The number of hydrogen-bond donors (Lipinski definition) is 3. The van der Waals surface area contributed by atoms with Gasteiger partial charge in [-0.25, -0.2) is 9.59 Å². The largest absolute Gasteiger partial charge is 0.456 e. The zero-order valence-corrected chi connectivity index (χ0v) is 22.5. The first-order chi connectivity index (χ1) is 16.4. The van der Waals surface area contributed by atoms with E-state index in [4.69, 9.17) is 4.74 Å². The highest BCUT2D eigenvalue weighted by molar-refractivity contribution is 7.17. The molecule has 1 aliphatic heterocycles. The van der Waals surface area contributed by atoms with Crippen LogP contribution in [0.15, 0.2) is 0 Å². The summed E-state index contributed by atoms with van der Waals surface area (Å²) in [6.07, 6.45) is 3.22. The van der Waals surface area contributed by atoms with Crippen molar-refractivity contribution in [1.82, 2.24) is 15.2 Å². The number of anilines is 1. The number of aryl methyl sites for hydroxylation is 1. The molecule has 1 aliphatic carbocycles. The van der Waals surface area contributed by atoms with Crippen LogP contribution >= 0.6 is 20.6 Å². The first kappa shape index (κ1) is 26.0. The maximum Gasteiger partial charge on any atom is 0.341 e. The van der Waals surface area contributed by atoms with Crippen LogP contribution in [0.25, 0.3) is 0 Å². The molecule has 4 rings (SSSR count). The molecule has 0 saturated heterocycles. The van der Waals surface area contributed by atoms with Crippen molar-refractivity contribution < 1.29 is 23.1 Å².